The first kappa shape index (κ1) is 22.2. The number of rotatable bonds is 6. The number of aryl methyl sites for hydroxylation is 1. The van der Waals surface area contributed by atoms with Gasteiger partial charge in [0.15, 0.2) is 0 Å². The van der Waals surface area contributed by atoms with Gasteiger partial charge in [0.05, 0.1) is 13.7 Å². The Morgan fingerprint density at radius 1 is 1.03 bits per heavy atom. The Balaban J connectivity index is 1.41. The Labute approximate surface area is 201 Å². The van der Waals surface area contributed by atoms with Crippen LogP contribution in [-0.2, 0) is 22.6 Å². The first-order valence-electron chi connectivity index (χ1n) is 11.1. The van der Waals surface area contributed by atoms with Crippen LogP contribution in [0.25, 0.3) is 17.0 Å². The zero-order chi connectivity index (χ0) is 24.5. The SMILES string of the molecule is COC(=O)c1ccc(CN2C(=O)N/C(=C\c3cn(Cc4ccc(C)cc4)c4ccccc34)C2=O)o1. The summed E-state index contributed by atoms with van der Waals surface area (Å²) in [7, 11) is 1.25. The van der Waals surface area contributed by atoms with Crippen LogP contribution in [0.3, 0.4) is 0 Å². The Morgan fingerprint density at radius 3 is 2.57 bits per heavy atom. The number of esters is 1. The van der Waals surface area contributed by atoms with E-state index in [2.05, 4.69) is 45.8 Å². The van der Waals surface area contributed by atoms with Gasteiger partial charge in [-0.15, -0.1) is 0 Å². The van der Waals surface area contributed by atoms with Crippen LogP contribution in [0.15, 0.2) is 77.0 Å². The summed E-state index contributed by atoms with van der Waals surface area (Å²) < 4.78 is 12.2. The fourth-order valence-corrected chi connectivity index (χ4v) is 4.11. The summed E-state index contributed by atoms with van der Waals surface area (Å²) >= 11 is 0. The fraction of sp³-hybridized carbons (Fsp3) is 0.148. The second-order valence-electron chi connectivity index (χ2n) is 8.35. The van der Waals surface area contributed by atoms with Crippen molar-refractivity contribution in [1.82, 2.24) is 14.8 Å². The van der Waals surface area contributed by atoms with E-state index in [1.807, 2.05) is 30.5 Å². The number of aromatic nitrogens is 1. The van der Waals surface area contributed by atoms with Crippen LogP contribution in [0.4, 0.5) is 4.79 Å². The Bertz CT molecular complexity index is 1480. The number of carbonyl (C=O) groups is 3. The van der Waals surface area contributed by atoms with Gasteiger partial charge in [-0.3, -0.25) is 9.69 Å². The maximum absolute atomic E-state index is 13.0. The highest BCUT2D eigenvalue weighted by atomic mass is 16.5. The molecule has 1 saturated heterocycles. The quantitative estimate of drug-likeness (QED) is 0.255. The van der Waals surface area contributed by atoms with Crippen LogP contribution in [0.5, 0.6) is 0 Å². The van der Waals surface area contributed by atoms with Crippen molar-refractivity contribution in [2.45, 2.75) is 20.0 Å². The van der Waals surface area contributed by atoms with Gasteiger partial charge in [0.25, 0.3) is 5.91 Å². The molecule has 5 rings (SSSR count). The van der Waals surface area contributed by atoms with Gasteiger partial charge < -0.3 is 19.0 Å². The molecule has 0 unspecified atom stereocenters. The molecule has 0 spiro atoms. The first-order valence-corrected chi connectivity index (χ1v) is 11.1. The minimum absolute atomic E-state index is 0.00621. The largest absolute Gasteiger partial charge is 0.463 e. The molecule has 2 aromatic heterocycles. The summed E-state index contributed by atoms with van der Waals surface area (Å²) in [6.45, 7) is 2.63. The molecule has 1 aliphatic heterocycles. The lowest BCUT2D eigenvalue weighted by Crippen LogP contribution is -2.30. The van der Waals surface area contributed by atoms with Crippen molar-refractivity contribution in [2.24, 2.45) is 0 Å². The summed E-state index contributed by atoms with van der Waals surface area (Å²) in [5.74, 6) is -0.797. The lowest BCUT2D eigenvalue weighted by Gasteiger charge is -2.09. The Morgan fingerprint density at radius 2 is 1.80 bits per heavy atom. The zero-order valence-electron chi connectivity index (χ0n) is 19.3. The van der Waals surface area contributed by atoms with Crippen LogP contribution in [0, 0.1) is 6.92 Å². The molecule has 0 bridgehead atoms. The molecule has 3 heterocycles. The number of ether oxygens (including phenoxy) is 1. The second-order valence-corrected chi connectivity index (χ2v) is 8.35. The number of amides is 3. The molecule has 3 amide bonds. The third kappa shape index (κ3) is 4.33. The number of fused-ring (bicyclic) bond motifs is 1. The zero-order valence-corrected chi connectivity index (χ0v) is 19.3. The average molecular weight is 469 g/mol. The molecule has 0 saturated carbocycles. The Hall–Kier alpha value is -4.59. The maximum Gasteiger partial charge on any atom is 0.373 e. The van der Waals surface area contributed by atoms with Crippen LogP contribution in [0.2, 0.25) is 0 Å². The summed E-state index contributed by atoms with van der Waals surface area (Å²) in [4.78, 5) is 38.2. The van der Waals surface area contributed by atoms with Crippen LogP contribution in [-0.4, -0.2) is 34.5 Å². The van der Waals surface area contributed by atoms with Gasteiger partial charge in [0.2, 0.25) is 5.76 Å². The van der Waals surface area contributed by atoms with Gasteiger partial charge in [-0.1, -0.05) is 48.0 Å². The number of hydrogen-bond donors (Lipinski definition) is 1. The fourth-order valence-electron chi connectivity index (χ4n) is 4.11. The number of methoxy groups -OCH3 is 1. The molecule has 1 fully saturated rings. The predicted octanol–water partition coefficient (Wildman–Crippen LogP) is 4.47. The molecule has 2 aromatic carbocycles. The molecule has 4 aromatic rings. The maximum atomic E-state index is 13.0. The van der Waals surface area contributed by atoms with Crippen molar-refractivity contribution in [1.29, 1.82) is 0 Å². The minimum Gasteiger partial charge on any atom is -0.463 e. The second kappa shape index (κ2) is 8.98. The van der Waals surface area contributed by atoms with Gasteiger partial charge in [-0.05, 0) is 36.8 Å². The standard InChI is InChI=1S/C27H23N3O5/c1-17-7-9-18(10-8-17)14-29-15-19(21-5-3-4-6-23(21)29)13-22-25(31)30(27(33)28-22)16-20-11-12-24(35-20)26(32)34-2/h3-13,15H,14,16H2,1-2H3,(H,28,33)/b22-13-. The highest BCUT2D eigenvalue weighted by Crippen LogP contribution is 2.26. The van der Waals surface area contributed by atoms with E-state index in [4.69, 9.17) is 4.42 Å². The van der Waals surface area contributed by atoms with Gasteiger partial charge >= 0.3 is 12.0 Å². The van der Waals surface area contributed by atoms with Crippen molar-refractivity contribution in [3.63, 3.8) is 0 Å². The molecule has 35 heavy (non-hydrogen) atoms. The molecule has 8 nitrogen and oxygen atoms in total. The van der Waals surface area contributed by atoms with E-state index < -0.39 is 17.9 Å². The van der Waals surface area contributed by atoms with E-state index in [0.29, 0.717) is 12.3 Å². The van der Waals surface area contributed by atoms with Crippen LogP contribution in [0.1, 0.15) is 33.0 Å². The van der Waals surface area contributed by atoms with E-state index in [1.165, 1.54) is 24.8 Å². The molecular weight excluding hydrogens is 446 g/mol. The summed E-state index contributed by atoms with van der Waals surface area (Å²) in [5.41, 5.74) is 4.39. The summed E-state index contributed by atoms with van der Waals surface area (Å²) in [5, 5.41) is 3.62. The number of imide groups is 1. The van der Waals surface area contributed by atoms with Gasteiger partial charge in [0, 0.05) is 29.2 Å². The van der Waals surface area contributed by atoms with Crippen LogP contribution >= 0.6 is 0 Å². The number of furan rings is 1. The highest BCUT2D eigenvalue weighted by Gasteiger charge is 2.34. The third-order valence-electron chi connectivity index (χ3n) is 5.92. The topological polar surface area (TPSA) is 93.8 Å². The number of nitrogens with one attached hydrogen (secondary N) is 1. The molecule has 0 radical (unpaired) electrons. The van der Waals surface area contributed by atoms with Gasteiger partial charge in [0.1, 0.15) is 11.5 Å². The molecule has 0 aliphatic carbocycles. The van der Waals surface area contributed by atoms with Crippen molar-refractivity contribution in [2.75, 3.05) is 7.11 Å². The molecule has 176 valence electrons. The van der Waals surface area contributed by atoms with Gasteiger partial charge in [-0.25, -0.2) is 9.59 Å². The minimum atomic E-state index is -0.629. The molecular formula is C27H23N3O5. The van der Waals surface area contributed by atoms with E-state index in [-0.39, 0.29) is 18.0 Å². The number of urea groups is 1. The number of carbonyl (C=O) groups excluding carboxylic acids is 3. The number of benzene rings is 2. The summed E-state index contributed by atoms with van der Waals surface area (Å²) in [6, 6.07) is 18.7. The summed E-state index contributed by atoms with van der Waals surface area (Å²) in [6.07, 6.45) is 3.67. The van der Waals surface area contributed by atoms with E-state index in [0.717, 1.165) is 26.9 Å². The third-order valence-corrected chi connectivity index (χ3v) is 5.92. The molecule has 1 N–H and O–H groups in total. The van der Waals surface area contributed by atoms with E-state index >= 15 is 0 Å². The smallest absolute Gasteiger partial charge is 0.373 e. The molecule has 0 atom stereocenters. The number of nitrogens with zero attached hydrogens (tertiary/aromatic N) is 2. The van der Waals surface area contributed by atoms with Crippen molar-refractivity contribution in [3.05, 3.63) is 101 Å². The van der Waals surface area contributed by atoms with Crippen molar-refractivity contribution < 1.29 is 23.5 Å². The first-order chi connectivity index (χ1) is 16.9. The lowest BCUT2D eigenvalue weighted by molar-refractivity contribution is -0.123. The lowest BCUT2D eigenvalue weighted by atomic mass is 10.1. The van der Waals surface area contributed by atoms with E-state index in [1.54, 1.807) is 6.08 Å². The molecule has 8 heteroatoms. The van der Waals surface area contributed by atoms with Crippen LogP contribution < -0.4 is 5.32 Å². The van der Waals surface area contributed by atoms with Crippen molar-refractivity contribution >= 4 is 34.9 Å². The molecule has 1 aliphatic rings. The van der Waals surface area contributed by atoms with Gasteiger partial charge in [-0.2, -0.15) is 0 Å². The Kier molecular flexibility index (Phi) is 5.70. The normalized spacial score (nSPS) is 14.7. The predicted molar refractivity (Wildman–Crippen MR) is 129 cm³/mol. The number of para-hydroxylation sites is 1. The van der Waals surface area contributed by atoms with Crippen molar-refractivity contribution in [3.8, 4) is 0 Å². The van der Waals surface area contributed by atoms with E-state index in [9.17, 15) is 14.4 Å². The average Bonchev–Trinajstić information content (AvgIpc) is 3.54. The highest BCUT2D eigenvalue weighted by molar-refractivity contribution is 6.14. The monoisotopic (exact) mass is 469 g/mol. The number of hydrogen-bond acceptors (Lipinski definition) is 5.